The van der Waals surface area contributed by atoms with E-state index in [1.54, 1.807) is 0 Å². The molecular weight excluding hydrogens is 717 g/mol. The molecule has 1 aromatic rings. The van der Waals surface area contributed by atoms with Crippen molar-refractivity contribution in [1.82, 2.24) is 20.2 Å². The molecule has 53 heavy (non-hydrogen) atoms. The zero-order valence-electron chi connectivity index (χ0n) is 33.9. The fourth-order valence-electron chi connectivity index (χ4n) is 6.12. The van der Waals surface area contributed by atoms with E-state index in [0.29, 0.717) is 19.5 Å². The molecule has 1 saturated heterocycles. The van der Waals surface area contributed by atoms with Gasteiger partial charge in [0.25, 0.3) is 5.56 Å². The van der Waals surface area contributed by atoms with E-state index in [4.69, 9.17) is 24.8 Å². The van der Waals surface area contributed by atoms with Gasteiger partial charge in [-0.1, -0.05) is 68.2 Å². The maximum atomic E-state index is 13.5. The van der Waals surface area contributed by atoms with E-state index in [1.807, 2.05) is 6.92 Å². The molecule has 5 atom stereocenters. The van der Waals surface area contributed by atoms with E-state index in [9.17, 15) is 19.2 Å². The molecule has 1 aromatic heterocycles. The number of nitrogens with zero attached hydrogens (tertiary/aromatic N) is 2. The van der Waals surface area contributed by atoms with Crippen LogP contribution in [0.2, 0.25) is 18.1 Å². The molecule has 0 saturated carbocycles. The molecule has 0 spiro atoms. The fraction of sp³-hybridized carbons (Fsp3) is 0.811. The zero-order valence-corrected chi connectivity index (χ0v) is 35.8. The van der Waals surface area contributed by atoms with E-state index in [2.05, 4.69) is 86.8 Å². The first-order valence-electron chi connectivity index (χ1n) is 19.1. The Hall–Kier alpha value is -2.60. The number of hydrogen-bond donors (Lipinski definition) is 3. The normalized spacial score (nSPS) is 19.8. The predicted octanol–water partition coefficient (Wildman–Crippen LogP) is 6.51. The summed E-state index contributed by atoms with van der Waals surface area (Å²) in [6.07, 6.45) is 2.53. The highest BCUT2D eigenvalue weighted by atomic mass is 31.2. The lowest BCUT2D eigenvalue weighted by molar-refractivity contribution is -0.121. The number of carbonyl (C=O) groups excluding carboxylic acids is 2. The molecule has 1 aliphatic heterocycles. The summed E-state index contributed by atoms with van der Waals surface area (Å²) in [6, 6.07) is 0. The highest BCUT2D eigenvalue weighted by molar-refractivity contribution is 7.48. The minimum atomic E-state index is -2.47. The van der Waals surface area contributed by atoms with Crippen LogP contribution in [0.1, 0.15) is 106 Å². The molecule has 1 fully saturated rings. The number of aryl methyl sites for hydroxylation is 1. The van der Waals surface area contributed by atoms with Gasteiger partial charge in [-0.05, 0) is 49.2 Å². The average molecular weight is 784 g/mol. The first-order chi connectivity index (χ1) is 24.9. The van der Waals surface area contributed by atoms with Crippen molar-refractivity contribution in [2.45, 2.75) is 149 Å². The van der Waals surface area contributed by atoms with E-state index >= 15 is 0 Å². The van der Waals surface area contributed by atoms with Crippen LogP contribution in [0.25, 0.3) is 4.85 Å². The molecule has 14 nitrogen and oxygen atoms in total. The summed E-state index contributed by atoms with van der Waals surface area (Å²) in [5.41, 5.74) is -0.866. The van der Waals surface area contributed by atoms with Crippen LogP contribution in [-0.2, 0) is 34.3 Å². The number of aromatic nitrogens is 2. The number of nitrogens with one attached hydrogen (secondary N) is 3. The monoisotopic (exact) mass is 783 g/mol. The summed E-state index contributed by atoms with van der Waals surface area (Å²) in [6.45, 7) is 30.2. The molecule has 0 bridgehead atoms. The molecule has 0 radical (unpaired) electrons. The third-order valence-corrected chi connectivity index (χ3v) is 17.1. The Morgan fingerprint density at radius 2 is 1.68 bits per heavy atom. The summed E-state index contributed by atoms with van der Waals surface area (Å²) in [4.78, 5) is 56.3. The third kappa shape index (κ3) is 14.2. The highest BCUT2D eigenvalue weighted by Gasteiger charge is 2.53. The van der Waals surface area contributed by atoms with Crippen LogP contribution < -0.4 is 21.9 Å². The summed E-state index contributed by atoms with van der Waals surface area (Å²) in [5.74, 6) is 0.291. The summed E-state index contributed by atoms with van der Waals surface area (Å²) >= 11 is 0. The van der Waals surface area contributed by atoms with Gasteiger partial charge in [0.2, 0.25) is 12.5 Å². The smallest absolute Gasteiger partial charge is 0.406 e. The average Bonchev–Trinajstić information content (AvgIpc) is 3.40. The Morgan fingerprint density at radius 3 is 2.23 bits per heavy atom. The second-order valence-electron chi connectivity index (χ2n) is 15.9. The maximum Gasteiger partial charge on any atom is 0.406 e. The van der Waals surface area contributed by atoms with E-state index in [0.717, 1.165) is 25.7 Å². The number of methoxy groups -OCH3 is 1. The van der Waals surface area contributed by atoms with Gasteiger partial charge in [-0.2, -0.15) is 0 Å². The molecule has 1 aliphatic rings. The van der Waals surface area contributed by atoms with Crippen molar-refractivity contribution in [3.05, 3.63) is 44.0 Å². The highest BCUT2D eigenvalue weighted by Crippen LogP contribution is 2.55. The van der Waals surface area contributed by atoms with Crippen molar-refractivity contribution in [2.24, 2.45) is 11.8 Å². The predicted molar refractivity (Wildman–Crippen MR) is 210 cm³/mol. The number of rotatable bonds is 22. The molecule has 2 heterocycles. The van der Waals surface area contributed by atoms with Crippen molar-refractivity contribution >= 4 is 28.7 Å². The van der Waals surface area contributed by atoms with Gasteiger partial charge in [-0.15, -0.1) is 0 Å². The minimum absolute atomic E-state index is 0.0468. The van der Waals surface area contributed by atoms with Crippen LogP contribution >= 0.6 is 8.38 Å². The van der Waals surface area contributed by atoms with E-state index in [1.165, 1.54) is 17.9 Å². The summed E-state index contributed by atoms with van der Waals surface area (Å²) < 4.78 is 33.0. The lowest BCUT2D eigenvalue weighted by Crippen LogP contribution is -2.49. The van der Waals surface area contributed by atoms with Crippen molar-refractivity contribution in [2.75, 3.05) is 33.4 Å². The number of hydrogen-bond acceptors (Lipinski definition) is 9. The number of ether oxygens (including phenoxy) is 2. The number of carbonyl (C=O) groups is 2. The number of alkyl carbamates (subject to hydrolysis) is 1. The number of amides is 2. The first-order valence-corrected chi connectivity index (χ1v) is 23.2. The molecule has 302 valence electrons. The number of unbranched alkanes of at least 4 members (excludes halogenated alkanes) is 3. The fourth-order valence-corrected chi connectivity index (χ4v) is 9.51. The van der Waals surface area contributed by atoms with Crippen LogP contribution in [-0.4, -0.2) is 87.2 Å². The summed E-state index contributed by atoms with van der Waals surface area (Å²) in [5, 5.41) is 5.38. The van der Waals surface area contributed by atoms with Crippen molar-refractivity contribution in [3.8, 4) is 0 Å². The molecule has 2 unspecified atom stereocenters. The van der Waals surface area contributed by atoms with Crippen molar-refractivity contribution < 1.29 is 32.5 Å². The van der Waals surface area contributed by atoms with Gasteiger partial charge in [0, 0.05) is 37.9 Å². The quantitative estimate of drug-likeness (QED) is 0.0515. The molecule has 16 heteroatoms. The van der Waals surface area contributed by atoms with Gasteiger partial charge in [0.05, 0.1) is 18.8 Å². The largest absolute Gasteiger partial charge is 0.453 e. The Balaban J connectivity index is 2.34. The van der Waals surface area contributed by atoms with Gasteiger partial charge in [0.15, 0.2) is 16.7 Å². The van der Waals surface area contributed by atoms with Crippen molar-refractivity contribution in [1.29, 1.82) is 0 Å². The lowest BCUT2D eigenvalue weighted by Gasteiger charge is -2.41. The molecule has 2 amide bonds. The molecular formula is C37H66N5O9PSi. The van der Waals surface area contributed by atoms with Crippen LogP contribution in [0.5, 0.6) is 0 Å². The van der Waals surface area contributed by atoms with Gasteiger partial charge < -0.3 is 38.4 Å². The Kier molecular flexibility index (Phi) is 19.4. The lowest BCUT2D eigenvalue weighted by atomic mass is 10.00. The number of aromatic amines is 1. The first kappa shape index (κ1) is 46.6. The second-order valence-corrected chi connectivity index (χ2v) is 22.3. The maximum absolute atomic E-state index is 13.5. The second kappa shape index (κ2) is 22.1. The minimum Gasteiger partial charge on any atom is -0.453 e. The topological polar surface area (TPSA) is 164 Å². The van der Waals surface area contributed by atoms with Gasteiger partial charge in [-0.25, -0.2) is 16.2 Å². The standard InChI is InChI=1S/C37H66N5O9PSi/c1-13-28-31(50-52(48-23-21-38-9)33(25(2)3)26(4)5)32(51-53(11,12)37(6,7)8)30(49-28)27-24-42(35(45)41-34(27)44)22-18-29(43)39-19-16-14-15-17-20-40-36(46)47-10/h24-26,28,30-33H,13-23H2,1-8,10-12H3,(H,39,43)(H,40,46)(H,41,44,45)/t28-,30+,31?,32-,52?/m1/s1. The van der Waals surface area contributed by atoms with E-state index < -0.39 is 58.5 Å². The molecule has 3 N–H and O–H groups in total. The SMILES string of the molecule is [C-]#[N+]CCOP(OC1[C@@H](CC)O[C@@H](c2cn(CCC(=O)NCCCCCCNC(=O)OC)c(=O)[nH]c2=O)[C@H]1O[Si](C)(C)C(C)(C)C)C(C(C)C)C(C)C. The van der Waals surface area contributed by atoms with Crippen molar-refractivity contribution in [3.63, 3.8) is 0 Å². The van der Waals surface area contributed by atoms with Gasteiger partial charge in [-0.3, -0.25) is 19.1 Å². The van der Waals surface area contributed by atoms with Gasteiger partial charge >= 0.3 is 11.8 Å². The molecule has 0 aromatic carbocycles. The van der Waals surface area contributed by atoms with Crippen LogP contribution in [0.3, 0.4) is 0 Å². The Bertz CT molecular complexity index is 1450. The summed E-state index contributed by atoms with van der Waals surface area (Å²) in [7, 11) is -2.63. The molecule has 0 aliphatic carbocycles. The van der Waals surface area contributed by atoms with Gasteiger partial charge in [0.1, 0.15) is 24.9 Å². The zero-order chi connectivity index (χ0) is 39.9. The van der Waals surface area contributed by atoms with Crippen LogP contribution in [0, 0.1) is 18.4 Å². The number of H-pyrrole nitrogens is 1. The third-order valence-electron chi connectivity index (χ3n) is 10.0. The molecule has 2 rings (SSSR count). The Morgan fingerprint density at radius 1 is 1.06 bits per heavy atom. The van der Waals surface area contributed by atoms with E-state index in [-0.39, 0.29) is 60.1 Å². The van der Waals surface area contributed by atoms with Crippen LogP contribution in [0.4, 0.5) is 4.79 Å². The Labute approximate surface area is 318 Å². The van der Waals surface area contributed by atoms with Crippen LogP contribution in [0.15, 0.2) is 15.8 Å².